The minimum atomic E-state index is 0.906. The van der Waals surface area contributed by atoms with Crippen LogP contribution in [-0.4, -0.2) is 24.5 Å². The molecule has 1 fully saturated rings. The Morgan fingerprint density at radius 1 is 1.00 bits per heavy atom. The molecule has 1 nitrogen and oxygen atoms in total. The standard InChI is InChI=1S/C14H25N/c1-3-15(4-2)13-9-8-12-14-10-6-5-7-11-14/h14H,3-7,10-13H2,1-2H3. The van der Waals surface area contributed by atoms with E-state index in [1.165, 1.54) is 32.1 Å². The van der Waals surface area contributed by atoms with Crippen LogP contribution in [0.15, 0.2) is 0 Å². The first-order valence-corrected chi connectivity index (χ1v) is 6.54. The summed E-state index contributed by atoms with van der Waals surface area (Å²) in [6.45, 7) is 7.60. The Morgan fingerprint density at radius 2 is 1.67 bits per heavy atom. The number of hydrogen-bond acceptors (Lipinski definition) is 1. The third-order valence-electron chi connectivity index (χ3n) is 3.44. The Morgan fingerprint density at radius 3 is 2.27 bits per heavy atom. The smallest absolute Gasteiger partial charge is 0.0601 e. The van der Waals surface area contributed by atoms with Crippen molar-refractivity contribution in [1.29, 1.82) is 0 Å². The van der Waals surface area contributed by atoms with Crippen LogP contribution in [0.2, 0.25) is 0 Å². The molecule has 0 aliphatic heterocycles. The molecule has 0 atom stereocenters. The van der Waals surface area contributed by atoms with Crippen LogP contribution in [0.1, 0.15) is 52.4 Å². The van der Waals surface area contributed by atoms with E-state index in [1.807, 2.05) is 0 Å². The summed E-state index contributed by atoms with van der Waals surface area (Å²) in [7, 11) is 0. The Balaban J connectivity index is 2.14. The van der Waals surface area contributed by atoms with Crippen LogP contribution in [0.3, 0.4) is 0 Å². The molecule has 15 heavy (non-hydrogen) atoms. The summed E-state index contributed by atoms with van der Waals surface area (Å²) < 4.78 is 0. The van der Waals surface area contributed by atoms with Gasteiger partial charge in [0.1, 0.15) is 0 Å². The summed E-state index contributed by atoms with van der Waals surface area (Å²) in [6.07, 6.45) is 8.29. The fraction of sp³-hybridized carbons (Fsp3) is 0.857. The van der Waals surface area contributed by atoms with Crippen molar-refractivity contribution < 1.29 is 0 Å². The largest absolute Gasteiger partial charge is 0.293 e. The molecule has 1 rings (SSSR count). The van der Waals surface area contributed by atoms with Gasteiger partial charge in [0.15, 0.2) is 0 Å². The topological polar surface area (TPSA) is 3.24 Å². The molecule has 0 aromatic carbocycles. The van der Waals surface area contributed by atoms with Gasteiger partial charge in [0.2, 0.25) is 0 Å². The Kier molecular flexibility index (Phi) is 6.52. The maximum Gasteiger partial charge on any atom is 0.0601 e. The highest BCUT2D eigenvalue weighted by molar-refractivity contribution is 5.02. The molecular weight excluding hydrogens is 182 g/mol. The van der Waals surface area contributed by atoms with Gasteiger partial charge in [0.25, 0.3) is 0 Å². The zero-order chi connectivity index (χ0) is 10.9. The third-order valence-corrected chi connectivity index (χ3v) is 3.44. The number of hydrogen-bond donors (Lipinski definition) is 0. The van der Waals surface area contributed by atoms with Crippen molar-refractivity contribution in [2.24, 2.45) is 5.92 Å². The minimum Gasteiger partial charge on any atom is -0.293 e. The molecule has 0 spiro atoms. The molecule has 0 aromatic heterocycles. The van der Waals surface area contributed by atoms with E-state index in [0.29, 0.717) is 0 Å². The highest BCUT2D eigenvalue weighted by Gasteiger charge is 2.11. The summed E-state index contributed by atoms with van der Waals surface area (Å²) in [5.74, 6) is 7.58. The zero-order valence-corrected chi connectivity index (χ0v) is 10.4. The molecule has 1 aliphatic carbocycles. The molecule has 1 aliphatic rings. The second kappa shape index (κ2) is 7.77. The van der Waals surface area contributed by atoms with Crippen LogP contribution in [-0.2, 0) is 0 Å². The van der Waals surface area contributed by atoms with Gasteiger partial charge < -0.3 is 0 Å². The van der Waals surface area contributed by atoms with Crippen LogP contribution in [0.4, 0.5) is 0 Å². The second-order valence-electron chi connectivity index (χ2n) is 4.52. The molecule has 0 radical (unpaired) electrons. The average molecular weight is 207 g/mol. The fourth-order valence-electron chi connectivity index (χ4n) is 2.22. The lowest BCUT2D eigenvalue weighted by molar-refractivity contribution is 0.341. The van der Waals surface area contributed by atoms with E-state index in [4.69, 9.17) is 0 Å². The quantitative estimate of drug-likeness (QED) is 0.639. The normalized spacial score (nSPS) is 17.5. The molecule has 0 bridgehead atoms. The first kappa shape index (κ1) is 12.6. The minimum absolute atomic E-state index is 0.906. The van der Waals surface area contributed by atoms with E-state index >= 15 is 0 Å². The molecule has 0 aromatic rings. The van der Waals surface area contributed by atoms with E-state index in [9.17, 15) is 0 Å². The summed E-state index contributed by atoms with van der Waals surface area (Å²) >= 11 is 0. The molecule has 86 valence electrons. The van der Waals surface area contributed by atoms with Crippen molar-refractivity contribution in [2.45, 2.75) is 52.4 Å². The van der Waals surface area contributed by atoms with Gasteiger partial charge in [-0.05, 0) is 31.8 Å². The summed E-state index contributed by atoms with van der Waals surface area (Å²) in [4.78, 5) is 2.37. The summed E-state index contributed by atoms with van der Waals surface area (Å²) in [5, 5.41) is 0. The predicted molar refractivity (Wildman–Crippen MR) is 66.8 cm³/mol. The Hall–Kier alpha value is -0.480. The molecule has 0 N–H and O–H groups in total. The first-order chi connectivity index (χ1) is 7.36. The maximum atomic E-state index is 3.36. The molecule has 0 heterocycles. The molecule has 0 saturated heterocycles. The van der Waals surface area contributed by atoms with Crippen molar-refractivity contribution in [3.63, 3.8) is 0 Å². The van der Waals surface area contributed by atoms with E-state index in [0.717, 1.165) is 32.0 Å². The van der Waals surface area contributed by atoms with Gasteiger partial charge in [0.05, 0.1) is 6.54 Å². The van der Waals surface area contributed by atoms with Crippen LogP contribution in [0.5, 0.6) is 0 Å². The number of rotatable bonds is 4. The highest BCUT2D eigenvalue weighted by Crippen LogP contribution is 2.25. The lowest BCUT2D eigenvalue weighted by Gasteiger charge is -2.18. The van der Waals surface area contributed by atoms with Gasteiger partial charge in [-0.3, -0.25) is 4.90 Å². The van der Waals surface area contributed by atoms with Crippen LogP contribution in [0.25, 0.3) is 0 Å². The lowest BCUT2D eigenvalue weighted by Crippen LogP contribution is -2.22. The monoisotopic (exact) mass is 207 g/mol. The van der Waals surface area contributed by atoms with Gasteiger partial charge in [0, 0.05) is 6.42 Å². The maximum absolute atomic E-state index is 3.36. The van der Waals surface area contributed by atoms with Crippen LogP contribution >= 0.6 is 0 Å². The van der Waals surface area contributed by atoms with E-state index in [-0.39, 0.29) is 0 Å². The lowest BCUT2D eigenvalue weighted by atomic mass is 9.87. The summed E-state index contributed by atoms with van der Waals surface area (Å²) in [6, 6.07) is 0. The van der Waals surface area contributed by atoms with Gasteiger partial charge in [-0.25, -0.2) is 0 Å². The van der Waals surface area contributed by atoms with Crippen molar-refractivity contribution >= 4 is 0 Å². The van der Waals surface area contributed by atoms with Crippen molar-refractivity contribution in [2.75, 3.05) is 19.6 Å². The molecule has 0 amide bonds. The first-order valence-electron chi connectivity index (χ1n) is 6.54. The average Bonchev–Trinajstić information content (AvgIpc) is 2.31. The van der Waals surface area contributed by atoms with E-state index < -0.39 is 0 Å². The predicted octanol–water partition coefficient (Wildman–Crippen LogP) is 3.30. The molecule has 1 saturated carbocycles. The van der Waals surface area contributed by atoms with Crippen molar-refractivity contribution in [3.8, 4) is 11.8 Å². The molecular formula is C14H25N. The van der Waals surface area contributed by atoms with Crippen LogP contribution in [0, 0.1) is 17.8 Å². The van der Waals surface area contributed by atoms with Gasteiger partial charge >= 0.3 is 0 Å². The third kappa shape index (κ3) is 5.23. The van der Waals surface area contributed by atoms with Gasteiger partial charge in [-0.1, -0.05) is 39.0 Å². The SMILES string of the molecule is CCN(CC)CC#CCC1CCCCC1. The molecule has 1 heteroatoms. The molecule has 0 unspecified atom stereocenters. The second-order valence-corrected chi connectivity index (χ2v) is 4.52. The zero-order valence-electron chi connectivity index (χ0n) is 10.4. The van der Waals surface area contributed by atoms with E-state index in [2.05, 4.69) is 30.6 Å². The number of nitrogens with zero attached hydrogens (tertiary/aromatic N) is 1. The fourth-order valence-corrected chi connectivity index (χ4v) is 2.22. The van der Waals surface area contributed by atoms with Crippen LogP contribution < -0.4 is 0 Å². The van der Waals surface area contributed by atoms with Gasteiger partial charge in [-0.2, -0.15) is 0 Å². The highest BCUT2D eigenvalue weighted by atomic mass is 15.1. The van der Waals surface area contributed by atoms with Crippen molar-refractivity contribution in [3.05, 3.63) is 0 Å². The summed E-state index contributed by atoms with van der Waals surface area (Å²) in [5.41, 5.74) is 0. The van der Waals surface area contributed by atoms with Crippen molar-refractivity contribution in [1.82, 2.24) is 4.90 Å². The van der Waals surface area contributed by atoms with E-state index in [1.54, 1.807) is 0 Å². The Labute approximate surface area is 95.2 Å². The van der Waals surface area contributed by atoms with Gasteiger partial charge in [-0.15, -0.1) is 5.92 Å². The Bertz CT molecular complexity index is 201.